The Balaban J connectivity index is 1.96. The van der Waals surface area contributed by atoms with E-state index in [1.807, 2.05) is 0 Å². The smallest absolute Gasteiger partial charge is 0.330 e. The Labute approximate surface area is 108 Å². The van der Waals surface area contributed by atoms with Gasteiger partial charge >= 0.3 is 5.97 Å². The molecular weight excluding hydrogens is 228 g/mol. The molecule has 0 aliphatic heterocycles. The molecule has 18 heavy (non-hydrogen) atoms. The van der Waals surface area contributed by atoms with Crippen LogP contribution in [0.4, 0.5) is 0 Å². The van der Waals surface area contributed by atoms with Crippen molar-refractivity contribution in [3.8, 4) is 0 Å². The second-order valence-corrected chi connectivity index (χ2v) is 6.54. The lowest BCUT2D eigenvalue weighted by Crippen LogP contribution is -2.66. The van der Waals surface area contributed by atoms with Crippen molar-refractivity contribution < 1.29 is 14.6 Å². The molecule has 4 aliphatic rings. The fraction of sp³-hybridized carbons (Fsp3) is 0.800. The molecule has 4 saturated carbocycles. The number of carbonyl (C=O) groups is 1. The van der Waals surface area contributed by atoms with Crippen molar-refractivity contribution in [1.82, 2.24) is 0 Å². The Morgan fingerprint density at radius 3 is 2.50 bits per heavy atom. The standard InChI is InChI=1S/C15H22O3/c1-3-12-14(17)6-10-5-11(7-14)9-15(12,8-10)18-13(16)4-2/h4,10-12,17H,2-3,5-9H2,1H3. The molecule has 0 aromatic carbocycles. The van der Waals surface area contributed by atoms with Crippen molar-refractivity contribution in [3.05, 3.63) is 12.7 Å². The van der Waals surface area contributed by atoms with E-state index in [0.717, 1.165) is 32.1 Å². The number of esters is 1. The minimum absolute atomic E-state index is 0.0988. The van der Waals surface area contributed by atoms with Crippen LogP contribution < -0.4 is 0 Å². The van der Waals surface area contributed by atoms with Crippen molar-refractivity contribution in [2.24, 2.45) is 17.8 Å². The molecule has 4 rings (SSSR count). The molecule has 0 amide bonds. The van der Waals surface area contributed by atoms with Gasteiger partial charge in [0.2, 0.25) is 0 Å². The summed E-state index contributed by atoms with van der Waals surface area (Å²) in [6.07, 6.45) is 6.99. The molecule has 4 bridgehead atoms. The summed E-state index contributed by atoms with van der Waals surface area (Å²) in [6.45, 7) is 5.58. The predicted molar refractivity (Wildman–Crippen MR) is 67.8 cm³/mol. The van der Waals surface area contributed by atoms with Gasteiger partial charge in [-0.15, -0.1) is 0 Å². The van der Waals surface area contributed by atoms with Gasteiger partial charge in [0.15, 0.2) is 0 Å². The first-order valence-electron chi connectivity index (χ1n) is 7.09. The first-order valence-corrected chi connectivity index (χ1v) is 7.09. The monoisotopic (exact) mass is 250 g/mol. The van der Waals surface area contributed by atoms with Gasteiger partial charge in [0.1, 0.15) is 5.60 Å². The molecule has 0 spiro atoms. The summed E-state index contributed by atoms with van der Waals surface area (Å²) in [6, 6.07) is 0. The lowest BCUT2D eigenvalue weighted by atomic mass is 9.47. The average molecular weight is 250 g/mol. The Bertz CT molecular complexity index is 373. The maximum Gasteiger partial charge on any atom is 0.330 e. The first-order chi connectivity index (χ1) is 8.51. The fourth-order valence-electron chi connectivity index (χ4n) is 5.30. The van der Waals surface area contributed by atoms with Gasteiger partial charge in [-0.2, -0.15) is 0 Å². The maximum atomic E-state index is 11.6. The second-order valence-electron chi connectivity index (χ2n) is 6.54. The molecule has 0 saturated heterocycles. The average Bonchev–Trinajstić information content (AvgIpc) is 2.26. The van der Waals surface area contributed by atoms with Gasteiger partial charge in [0.05, 0.1) is 5.60 Å². The molecule has 0 heterocycles. The van der Waals surface area contributed by atoms with E-state index in [2.05, 4.69) is 13.5 Å². The van der Waals surface area contributed by atoms with E-state index >= 15 is 0 Å². The molecule has 3 nitrogen and oxygen atoms in total. The third-order valence-electron chi connectivity index (χ3n) is 5.38. The van der Waals surface area contributed by atoms with Crippen LogP contribution in [-0.2, 0) is 9.53 Å². The highest BCUT2D eigenvalue weighted by Gasteiger charge is 2.64. The number of rotatable bonds is 3. The summed E-state index contributed by atoms with van der Waals surface area (Å²) < 4.78 is 5.75. The zero-order valence-corrected chi connectivity index (χ0v) is 11.0. The molecule has 0 radical (unpaired) electrons. The molecule has 100 valence electrons. The third-order valence-corrected chi connectivity index (χ3v) is 5.38. The molecule has 0 aromatic heterocycles. The quantitative estimate of drug-likeness (QED) is 0.618. The van der Waals surface area contributed by atoms with Crippen molar-refractivity contribution in [1.29, 1.82) is 0 Å². The van der Waals surface area contributed by atoms with Crippen molar-refractivity contribution >= 4 is 5.97 Å². The van der Waals surface area contributed by atoms with Gasteiger partial charge in [0, 0.05) is 12.0 Å². The summed E-state index contributed by atoms with van der Waals surface area (Å²) in [5.41, 5.74) is -1.01. The van der Waals surface area contributed by atoms with E-state index < -0.39 is 11.2 Å². The summed E-state index contributed by atoms with van der Waals surface area (Å²) in [5.74, 6) is 0.825. The Morgan fingerprint density at radius 1 is 1.39 bits per heavy atom. The highest BCUT2D eigenvalue weighted by Crippen LogP contribution is 2.62. The number of carbonyl (C=O) groups excluding carboxylic acids is 1. The Morgan fingerprint density at radius 2 is 2.00 bits per heavy atom. The van der Waals surface area contributed by atoms with Gasteiger partial charge < -0.3 is 9.84 Å². The van der Waals surface area contributed by atoms with E-state index in [-0.39, 0.29) is 11.9 Å². The first kappa shape index (κ1) is 12.2. The van der Waals surface area contributed by atoms with Crippen LogP contribution in [0.3, 0.4) is 0 Å². The van der Waals surface area contributed by atoms with Gasteiger partial charge in [-0.1, -0.05) is 13.5 Å². The summed E-state index contributed by atoms with van der Waals surface area (Å²) in [5, 5.41) is 10.9. The topological polar surface area (TPSA) is 46.5 Å². The number of hydrogen-bond acceptors (Lipinski definition) is 3. The zero-order valence-electron chi connectivity index (χ0n) is 11.0. The van der Waals surface area contributed by atoms with Crippen LogP contribution in [0.2, 0.25) is 0 Å². The van der Waals surface area contributed by atoms with Crippen LogP contribution in [0.1, 0.15) is 45.4 Å². The number of aliphatic hydroxyl groups is 1. The van der Waals surface area contributed by atoms with Crippen LogP contribution in [0, 0.1) is 17.8 Å². The molecule has 3 unspecified atom stereocenters. The highest BCUT2D eigenvalue weighted by atomic mass is 16.6. The highest BCUT2D eigenvalue weighted by molar-refractivity contribution is 5.81. The van der Waals surface area contributed by atoms with Crippen LogP contribution in [0.5, 0.6) is 0 Å². The van der Waals surface area contributed by atoms with E-state index in [4.69, 9.17) is 4.74 Å². The molecule has 3 atom stereocenters. The lowest BCUT2D eigenvalue weighted by Gasteiger charge is -2.63. The molecule has 0 aromatic rings. The Kier molecular flexibility index (Phi) is 2.60. The van der Waals surface area contributed by atoms with E-state index in [1.54, 1.807) is 0 Å². The summed E-state index contributed by atoms with van der Waals surface area (Å²) in [7, 11) is 0. The van der Waals surface area contributed by atoms with Crippen LogP contribution in [0.25, 0.3) is 0 Å². The second kappa shape index (κ2) is 3.83. The minimum atomic E-state index is -0.597. The summed E-state index contributed by atoms with van der Waals surface area (Å²) in [4.78, 5) is 11.6. The zero-order chi connectivity index (χ0) is 13.0. The fourth-order valence-corrected chi connectivity index (χ4v) is 5.30. The van der Waals surface area contributed by atoms with Gasteiger partial charge in [0.25, 0.3) is 0 Å². The number of ether oxygens (including phenoxy) is 1. The van der Waals surface area contributed by atoms with Crippen molar-refractivity contribution in [2.45, 2.75) is 56.7 Å². The largest absolute Gasteiger partial charge is 0.455 e. The van der Waals surface area contributed by atoms with Crippen molar-refractivity contribution in [3.63, 3.8) is 0 Å². The molecule has 4 aliphatic carbocycles. The van der Waals surface area contributed by atoms with Gasteiger partial charge in [-0.05, 0) is 50.4 Å². The maximum absolute atomic E-state index is 11.6. The third kappa shape index (κ3) is 1.56. The predicted octanol–water partition coefficient (Wildman–Crippen LogP) is 2.44. The SMILES string of the molecule is C=CC(=O)OC12CC3CC(CC(O)(C3)C1CC)C2. The molecule has 4 fully saturated rings. The van der Waals surface area contributed by atoms with E-state index in [1.165, 1.54) is 12.5 Å². The minimum Gasteiger partial charge on any atom is -0.455 e. The molecule has 1 N–H and O–H groups in total. The normalized spacial score (nSPS) is 49.1. The van der Waals surface area contributed by atoms with E-state index in [0.29, 0.717) is 11.8 Å². The van der Waals surface area contributed by atoms with Crippen LogP contribution in [-0.4, -0.2) is 22.3 Å². The van der Waals surface area contributed by atoms with Crippen LogP contribution in [0.15, 0.2) is 12.7 Å². The van der Waals surface area contributed by atoms with Gasteiger partial charge in [-0.3, -0.25) is 0 Å². The van der Waals surface area contributed by atoms with Gasteiger partial charge in [-0.25, -0.2) is 4.79 Å². The number of hydrogen-bond donors (Lipinski definition) is 1. The summed E-state index contributed by atoms with van der Waals surface area (Å²) >= 11 is 0. The molecular formula is C15H22O3. The van der Waals surface area contributed by atoms with Crippen LogP contribution >= 0.6 is 0 Å². The van der Waals surface area contributed by atoms with E-state index in [9.17, 15) is 9.90 Å². The Hall–Kier alpha value is -0.830. The lowest BCUT2D eigenvalue weighted by molar-refractivity contribution is -0.254. The van der Waals surface area contributed by atoms with Crippen molar-refractivity contribution in [2.75, 3.05) is 0 Å². The molecule has 3 heteroatoms.